The highest BCUT2D eigenvalue weighted by atomic mass is 28.5. The summed E-state index contributed by atoms with van der Waals surface area (Å²) >= 11 is 0. The zero-order valence-corrected chi connectivity index (χ0v) is 20.5. The van der Waals surface area contributed by atoms with E-state index in [1.807, 2.05) is 12.1 Å². The number of hydrogen-bond acceptors (Lipinski definition) is 8. The third-order valence-electron chi connectivity index (χ3n) is 4.43. The van der Waals surface area contributed by atoms with Gasteiger partial charge in [0.1, 0.15) is 0 Å². The second-order valence-corrected chi connectivity index (χ2v) is 12.1. The summed E-state index contributed by atoms with van der Waals surface area (Å²) in [4.78, 5) is 15.4. The van der Waals surface area contributed by atoms with Crippen LogP contribution in [0, 0.1) is 0 Å². The molecule has 2 aromatic rings. The first-order chi connectivity index (χ1) is 14.9. The highest BCUT2D eigenvalue weighted by Crippen LogP contribution is 2.20. The average molecular weight is 465 g/mol. The van der Waals surface area contributed by atoms with Gasteiger partial charge < -0.3 is 31.9 Å². The minimum Gasteiger partial charge on any atom is -0.486 e. The fraction of sp³-hybridized carbons (Fsp3) is 0.300. The van der Waals surface area contributed by atoms with E-state index in [1.165, 1.54) is 48.9 Å². The molecule has 0 unspecified atom stereocenters. The highest BCUT2D eigenvalue weighted by Gasteiger charge is 2.55. The van der Waals surface area contributed by atoms with E-state index in [0.717, 1.165) is 5.19 Å². The third-order valence-corrected chi connectivity index (χ3v) is 10.8. The van der Waals surface area contributed by atoms with Crippen molar-refractivity contribution in [3.8, 4) is 0 Å². The molecule has 0 atom stereocenters. The van der Waals surface area contributed by atoms with Crippen molar-refractivity contribution in [1.29, 1.82) is 0 Å². The van der Waals surface area contributed by atoms with E-state index in [1.54, 1.807) is 36.4 Å². The lowest BCUT2D eigenvalue weighted by molar-refractivity contribution is -0.114. The van der Waals surface area contributed by atoms with Crippen LogP contribution in [0.25, 0.3) is 0 Å². The summed E-state index contributed by atoms with van der Waals surface area (Å²) in [5.41, 5.74) is 1.36. The van der Waals surface area contributed by atoms with Gasteiger partial charge in [0.2, 0.25) is 5.91 Å². The number of methoxy groups -OCH3 is 1. The molecule has 0 saturated heterocycles. The summed E-state index contributed by atoms with van der Waals surface area (Å²) in [5, 5.41) is 4.14. The molecule has 0 aromatic heterocycles. The minimum atomic E-state index is -3.43. The van der Waals surface area contributed by atoms with Crippen LogP contribution in [0.1, 0.15) is 6.92 Å². The molecular weight excluding hydrogens is 436 g/mol. The summed E-state index contributed by atoms with van der Waals surface area (Å²) < 4.78 is 34.5. The summed E-state index contributed by atoms with van der Waals surface area (Å²) in [6.07, 6.45) is 1.35. The van der Waals surface area contributed by atoms with Crippen LogP contribution in [0.5, 0.6) is 0 Å². The van der Waals surface area contributed by atoms with Gasteiger partial charge in [0, 0.05) is 51.4 Å². The summed E-state index contributed by atoms with van der Waals surface area (Å²) in [6, 6.07) is 14.3. The van der Waals surface area contributed by atoms with E-state index < -0.39 is 17.6 Å². The van der Waals surface area contributed by atoms with Crippen molar-refractivity contribution in [3.63, 3.8) is 0 Å². The van der Waals surface area contributed by atoms with E-state index >= 15 is 0 Å². The fourth-order valence-corrected chi connectivity index (χ4v) is 9.04. The Bertz CT molecular complexity index is 868. The maximum absolute atomic E-state index is 11.3. The Morgan fingerprint density at radius 3 is 1.65 bits per heavy atom. The van der Waals surface area contributed by atoms with Crippen LogP contribution < -0.4 is 15.7 Å². The molecule has 0 spiro atoms. The molecule has 0 fully saturated rings. The van der Waals surface area contributed by atoms with E-state index in [4.69, 9.17) is 26.6 Å². The molecule has 0 aliphatic carbocycles. The number of carbonyl (C=O) groups is 1. The van der Waals surface area contributed by atoms with E-state index in [2.05, 4.69) is 10.3 Å². The predicted octanol–water partition coefficient (Wildman–Crippen LogP) is 1.55. The summed E-state index contributed by atoms with van der Waals surface area (Å²) in [5.74, 6) is -0.158. The Hall–Kier alpha value is -2.39. The second kappa shape index (κ2) is 11.3. The molecule has 0 aliphatic heterocycles. The second-order valence-electron chi connectivity index (χ2n) is 6.31. The van der Waals surface area contributed by atoms with Crippen molar-refractivity contribution < 1.29 is 31.4 Å². The van der Waals surface area contributed by atoms with Gasteiger partial charge >= 0.3 is 17.6 Å². The molecule has 1 amide bonds. The number of anilines is 1. The van der Waals surface area contributed by atoms with E-state index in [-0.39, 0.29) is 5.91 Å². The maximum Gasteiger partial charge on any atom is 0.529 e. The number of nitrogens with one attached hydrogen (secondary N) is 1. The molecule has 2 rings (SSSR count). The topological polar surface area (TPSA) is 96.8 Å². The SMILES string of the molecule is COC=Nc1ccc([Si](OC)(OC)O[Si](OC)(OC)c2ccc(NC(C)=O)cc2)cc1. The number of ether oxygens (including phenoxy) is 1. The van der Waals surface area contributed by atoms with Crippen molar-refractivity contribution in [3.05, 3.63) is 48.5 Å². The number of aliphatic imine (C=N–C) groups is 1. The Kier molecular flexibility index (Phi) is 9.06. The number of amides is 1. The highest BCUT2D eigenvalue weighted by molar-refractivity contribution is 6.88. The van der Waals surface area contributed by atoms with Crippen LogP contribution in [0.15, 0.2) is 53.5 Å². The quantitative estimate of drug-likeness (QED) is 0.306. The molecule has 0 saturated carbocycles. The molecule has 2 aromatic carbocycles. The molecule has 31 heavy (non-hydrogen) atoms. The first-order valence-corrected chi connectivity index (χ1v) is 12.8. The van der Waals surface area contributed by atoms with Gasteiger partial charge in [0.25, 0.3) is 0 Å². The van der Waals surface area contributed by atoms with Crippen LogP contribution in [-0.4, -0.2) is 65.5 Å². The van der Waals surface area contributed by atoms with Crippen LogP contribution in [0.3, 0.4) is 0 Å². The Labute approximate surface area is 184 Å². The fourth-order valence-electron chi connectivity index (χ4n) is 2.93. The van der Waals surface area contributed by atoms with Gasteiger partial charge in [-0.15, -0.1) is 0 Å². The van der Waals surface area contributed by atoms with Crippen LogP contribution in [0.4, 0.5) is 11.4 Å². The summed E-state index contributed by atoms with van der Waals surface area (Å²) in [7, 11) is 0.774. The lowest BCUT2D eigenvalue weighted by atomic mass is 10.3. The molecule has 0 bridgehead atoms. The van der Waals surface area contributed by atoms with Crippen molar-refractivity contribution in [2.45, 2.75) is 6.92 Å². The number of nitrogens with zero attached hydrogens (tertiary/aromatic N) is 1. The van der Waals surface area contributed by atoms with Crippen molar-refractivity contribution >= 4 is 51.7 Å². The number of hydrogen-bond donors (Lipinski definition) is 1. The average Bonchev–Trinajstić information content (AvgIpc) is 2.80. The Morgan fingerprint density at radius 1 is 0.806 bits per heavy atom. The summed E-state index contributed by atoms with van der Waals surface area (Å²) in [6.45, 7) is 1.45. The molecular formula is C20H28N2O7Si2. The zero-order valence-electron chi connectivity index (χ0n) is 18.5. The predicted molar refractivity (Wildman–Crippen MR) is 122 cm³/mol. The Morgan fingerprint density at radius 2 is 1.26 bits per heavy atom. The largest absolute Gasteiger partial charge is 0.529 e. The molecule has 0 radical (unpaired) electrons. The smallest absolute Gasteiger partial charge is 0.486 e. The first-order valence-electron chi connectivity index (χ1n) is 9.33. The van der Waals surface area contributed by atoms with Gasteiger partial charge in [-0.05, 0) is 24.3 Å². The van der Waals surface area contributed by atoms with Crippen molar-refractivity contribution in [2.75, 3.05) is 40.9 Å². The van der Waals surface area contributed by atoms with E-state index in [0.29, 0.717) is 16.6 Å². The normalized spacial score (nSPS) is 12.2. The van der Waals surface area contributed by atoms with Gasteiger partial charge in [0.05, 0.1) is 12.8 Å². The maximum atomic E-state index is 11.3. The minimum absolute atomic E-state index is 0.158. The first kappa shape index (κ1) is 24.9. The number of carbonyl (C=O) groups excluding carboxylic acids is 1. The third kappa shape index (κ3) is 5.86. The molecule has 11 heteroatoms. The van der Waals surface area contributed by atoms with E-state index in [9.17, 15) is 4.79 Å². The van der Waals surface area contributed by atoms with Crippen molar-refractivity contribution in [2.24, 2.45) is 4.99 Å². The van der Waals surface area contributed by atoms with Gasteiger partial charge in [0.15, 0.2) is 6.40 Å². The molecule has 9 nitrogen and oxygen atoms in total. The van der Waals surface area contributed by atoms with Crippen molar-refractivity contribution in [1.82, 2.24) is 0 Å². The number of rotatable bonds is 11. The van der Waals surface area contributed by atoms with Crippen LogP contribution >= 0.6 is 0 Å². The molecule has 1 N–H and O–H groups in total. The van der Waals surface area contributed by atoms with Crippen LogP contribution in [0.2, 0.25) is 0 Å². The molecule has 168 valence electrons. The molecule has 0 heterocycles. The monoisotopic (exact) mass is 464 g/mol. The van der Waals surface area contributed by atoms with Gasteiger partial charge in [-0.1, -0.05) is 24.3 Å². The number of benzene rings is 2. The lowest BCUT2D eigenvalue weighted by Crippen LogP contribution is -2.68. The standard InChI is InChI=1S/C20H28N2O7Si2/c1-16(23)22-18-9-13-20(14-10-18)31(27-5,28-6)29-30(25-3,26-4)19-11-7-17(8-12-19)21-15-24-2/h7-15H,1-6H3,(H,22,23). The Balaban J connectivity index is 2.42. The van der Waals surface area contributed by atoms with Gasteiger partial charge in [-0.2, -0.15) is 0 Å². The van der Waals surface area contributed by atoms with Gasteiger partial charge in [-0.25, -0.2) is 4.99 Å². The zero-order chi connectivity index (χ0) is 22.9. The molecule has 0 aliphatic rings. The lowest BCUT2D eigenvalue weighted by Gasteiger charge is -2.35. The van der Waals surface area contributed by atoms with Gasteiger partial charge in [-0.3, -0.25) is 4.79 Å². The van der Waals surface area contributed by atoms with Crippen LogP contribution in [-0.2, 0) is 31.4 Å².